The minimum atomic E-state index is -5.79. The normalized spacial score (nSPS) is 20.6. The number of likely N-dealkylation sites (N-methyl/N-ethyl adjacent to an activating group) is 1. The number of aliphatic hydroxyl groups excluding tert-OH is 1. The van der Waals surface area contributed by atoms with Crippen LogP contribution in [0.4, 0.5) is 17.2 Å². The summed E-state index contributed by atoms with van der Waals surface area (Å²) in [4.78, 5) is 79.9. The molecule has 3 unspecified atom stereocenters. The third-order valence-corrected chi connectivity index (χ3v) is 21.8. The number of rotatable bonds is 28. The van der Waals surface area contributed by atoms with E-state index in [1.165, 1.54) is 52.1 Å². The molecule has 0 spiro atoms. The van der Waals surface area contributed by atoms with Gasteiger partial charge in [0, 0.05) is 90.5 Å². The van der Waals surface area contributed by atoms with Gasteiger partial charge in [0.25, 0.3) is 10.1 Å². The number of anilines is 2. The van der Waals surface area contributed by atoms with E-state index in [1.807, 2.05) is 71.9 Å². The van der Waals surface area contributed by atoms with Gasteiger partial charge in [-0.1, -0.05) is 65.5 Å². The summed E-state index contributed by atoms with van der Waals surface area (Å²) in [7, 11) is -23.1. The number of nitrogen functional groups attached to an aromatic ring is 1. The Balaban J connectivity index is 0.922. The van der Waals surface area contributed by atoms with E-state index in [-0.39, 0.29) is 58.4 Å². The molecule has 0 saturated carbocycles. The highest BCUT2D eigenvalue weighted by molar-refractivity contribution is 8.76. The molecule has 28 nitrogen and oxygen atoms in total. The lowest BCUT2D eigenvalue weighted by Crippen LogP contribution is -2.33. The standard InChI is InChI=1S/C51H68N7O21P3S4/c1-7-56-39-21-19-35(85(70,71)72)27-37(39)50(3,4)43(56)16-10-8-11-17-44-51(5,6)38-28-36(86(73,74)75)20-22-40(38)57(44)25-13-9-12-18-46(61)54-33(2)32-84-83-26-23-45(60)53-24-14-15-34-30-58(49(62)55-48(34)52)47-29-41(59)42(77-47)31-76-81(66,67)79-82(68,69)78-80(63,64)65/h8,10-11,16-17,19-22,27-28,30,33,41-42,47,59H,7,9,12-13,18,23-26,29,31-32H2,1-6H3,(H9-,52,53,54,55,60,61,62,63,64,65,66,67,68,69,70,71,72,73,74,75)/t33?,41-,42-,47-/m1/s1. The number of nitrogens with zero attached hydrogens (tertiary/aromatic N) is 4. The number of nitrogens with two attached hydrogens (primary N) is 1. The summed E-state index contributed by atoms with van der Waals surface area (Å²) in [5.41, 5.74) is 8.59. The second-order valence-corrected chi connectivity index (χ2v) is 30.7. The van der Waals surface area contributed by atoms with Crippen LogP contribution in [0.5, 0.6) is 0 Å². The quantitative estimate of drug-likeness (QED) is 0.00861. The Kier molecular flexibility index (Phi) is 23.5. The van der Waals surface area contributed by atoms with Gasteiger partial charge in [0.05, 0.1) is 40.0 Å². The lowest BCUT2D eigenvalue weighted by atomic mass is 9.81. The predicted molar refractivity (Wildman–Crippen MR) is 319 cm³/mol. The molecular formula is C51H68N7O21P3S4. The van der Waals surface area contributed by atoms with Gasteiger partial charge in [-0.2, -0.15) is 26.6 Å². The molecule has 1 aromatic heterocycles. The summed E-state index contributed by atoms with van der Waals surface area (Å²) in [6, 6.07) is 8.81. The first-order chi connectivity index (χ1) is 39.9. The Bertz CT molecular complexity index is 3710. The molecule has 4 heterocycles. The van der Waals surface area contributed by atoms with Crippen LogP contribution in [0.15, 0.2) is 93.3 Å². The van der Waals surface area contributed by atoms with Crippen molar-refractivity contribution in [2.75, 3.05) is 48.4 Å². The molecule has 1 saturated heterocycles. The summed E-state index contributed by atoms with van der Waals surface area (Å²) >= 11 is 0. The van der Waals surface area contributed by atoms with E-state index < -0.39 is 85.3 Å². The van der Waals surface area contributed by atoms with Gasteiger partial charge in [0.2, 0.25) is 17.5 Å². The summed E-state index contributed by atoms with van der Waals surface area (Å²) in [5.74, 6) is 5.73. The Morgan fingerprint density at radius 1 is 0.953 bits per heavy atom. The van der Waals surface area contributed by atoms with Crippen LogP contribution in [0.25, 0.3) is 0 Å². The van der Waals surface area contributed by atoms with Crippen LogP contribution < -0.4 is 27.0 Å². The molecule has 2 aromatic carbocycles. The van der Waals surface area contributed by atoms with Crippen molar-refractivity contribution in [2.45, 2.75) is 125 Å². The van der Waals surface area contributed by atoms with Gasteiger partial charge in [0.15, 0.2) is 5.71 Å². The van der Waals surface area contributed by atoms with E-state index in [0.717, 1.165) is 38.5 Å². The molecule has 1 fully saturated rings. The van der Waals surface area contributed by atoms with Crippen LogP contribution >= 0.6 is 45.1 Å². The van der Waals surface area contributed by atoms with E-state index in [0.29, 0.717) is 50.3 Å². The highest BCUT2D eigenvalue weighted by atomic mass is 33.1. The van der Waals surface area contributed by atoms with Gasteiger partial charge in [-0.15, -0.1) is 0 Å². The molecular weight excluding hydrogens is 1270 g/mol. The number of allylic oxidation sites excluding steroid dienone is 6. The summed E-state index contributed by atoms with van der Waals surface area (Å²) in [6.07, 6.45) is 8.78. The molecule has 6 rings (SSSR count). The zero-order valence-corrected chi connectivity index (χ0v) is 53.3. The number of amides is 2. The van der Waals surface area contributed by atoms with Crippen molar-refractivity contribution in [1.29, 1.82) is 0 Å². The second-order valence-electron chi connectivity index (χ2n) is 20.9. The van der Waals surface area contributed by atoms with Crippen molar-refractivity contribution >= 4 is 100 Å². The van der Waals surface area contributed by atoms with Crippen LogP contribution in [0, 0.1) is 11.8 Å². The smallest absolute Gasteiger partial charge is 0.490 e. The number of carbonyl (C=O) groups excluding carboxylic acids is 2. The molecule has 0 radical (unpaired) electrons. The average molecular weight is 1340 g/mol. The van der Waals surface area contributed by atoms with Crippen LogP contribution in [0.3, 0.4) is 0 Å². The van der Waals surface area contributed by atoms with Crippen molar-refractivity contribution in [2.24, 2.45) is 0 Å². The molecule has 0 bridgehead atoms. The number of hydrogen-bond donors (Lipinski definition) is 9. The molecule has 35 heteroatoms. The van der Waals surface area contributed by atoms with Crippen molar-refractivity contribution < 1.29 is 96.4 Å². The Hall–Kier alpha value is -4.84. The predicted octanol–water partition coefficient (Wildman–Crippen LogP) is 5.16. The third kappa shape index (κ3) is 18.9. The lowest BCUT2D eigenvalue weighted by molar-refractivity contribution is -0.438. The monoisotopic (exact) mass is 1340 g/mol. The number of carbonyl (C=O) groups is 2. The third-order valence-electron chi connectivity index (χ3n) is 13.8. The molecule has 86 heavy (non-hydrogen) atoms. The van der Waals surface area contributed by atoms with Crippen molar-refractivity contribution in [3.05, 3.63) is 106 Å². The maximum atomic E-state index is 12.9. The topological polar surface area (TPSA) is 426 Å². The van der Waals surface area contributed by atoms with E-state index in [4.69, 9.17) is 20.3 Å². The second kappa shape index (κ2) is 28.8. The molecule has 3 aromatic rings. The number of benzene rings is 2. The van der Waals surface area contributed by atoms with Gasteiger partial charge in [0.1, 0.15) is 34.8 Å². The van der Waals surface area contributed by atoms with Gasteiger partial charge in [-0.05, 0) is 82.5 Å². The highest BCUT2D eigenvalue weighted by Gasteiger charge is 2.46. The zero-order chi connectivity index (χ0) is 63.8. The number of phosphoric ester groups is 1. The van der Waals surface area contributed by atoms with Gasteiger partial charge in [-0.25, -0.2) is 26.9 Å². The minimum absolute atomic E-state index is 0.0437. The Labute approximate surface area is 505 Å². The zero-order valence-electron chi connectivity index (χ0n) is 47.4. The lowest BCUT2D eigenvalue weighted by Gasteiger charge is -2.25. The number of hydrogen-bond acceptors (Lipinski definition) is 21. The number of ether oxygens (including phenoxy) is 1. The Morgan fingerprint density at radius 3 is 2.33 bits per heavy atom. The van der Waals surface area contributed by atoms with Crippen molar-refractivity contribution in [3.8, 4) is 11.8 Å². The van der Waals surface area contributed by atoms with Crippen LogP contribution in [0.2, 0.25) is 0 Å². The van der Waals surface area contributed by atoms with Crippen LogP contribution in [0.1, 0.15) is 103 Å². The molecule has 2 amide bonds. The molecule has 472 valence electrons. The average Bonchev–Trinajstić information content (AvgIpc) is 1.63. The SMILES string of the molecule is CCN1\C(=C/C=C/C=C/C2=[N+](CCCCCC(=O)NC(C)CSSCCC(=O)NCC#Cc3cn([C@H]4C[C@@H](O)[C@@H](COP(=O)(O)OP(=O)(O)OP(=O)(O)O)O4)c(=O)nc3N)c3ccc(S(=O)(=O)O)cc3C2(C)C)C(C)(C)c2cc(S(=O)(=O)[O-])ccc21. The maximum Gasteiger partial charge on any atom is 0.490 e. The molecule has 0 aliphatic carbocycles. The van der Waals surface area contributed by atoms with Gasteiger partial charge >= 0.3 is 29.2 Å². The highest BCUT2D eigenvalue weighted by Crippen LogP contribution is 2.66. The van der Waals surface area contributed by atoms with E-state index in [9.17, 15) is 68.9 Å². The van der Waals surface area contributed by atoms with Crippen molar-refractivity contribution in [3.63, 3.8) is 0 Å². The largest absolute Gasteiger partial charge is 0.744 e. The number of aromatic nitrogens is 2. The first-order valence-corrected chi connectivity index (χ1v) is 36.3. The molecule has 3 aliphatic rings. The fraction of sp³-hybridized carbons (Fsp3) is 0.471. The fourth-order valence-electron chi connectivity index (χ4n) is 9.69. The summed E-state index contributed by atoms with van der Waals surface area (Å²) in [6.45, 7) is 11.8. The van der Waals surface area contributed by atoms with E-state index >= 15 is 0 Å². The van der Waals surface area contributed by atoms with E-state index in [2.05, 4.69) is 50.1 Å². The summed E-state index contributed by atoms with van der Waals surface area (Å²) < 4.78 is 125. The first kappa shape index (κ1) is 70.2. The fourth-order valence-corrected chi connectivity index (χ4v) is 16.0. The summed E-state index contributed by atoms with van der Waals surface area (Å²) in [5, 5.41) is 16.1. The van der Waals surface area contributed by atoms with Crippen molar-refractivity contribution in [1.82, 2.24) is 20.2 Å². The number of nitrogens with one attached hydrogen (secondary N) is 2. The maximum absolute atomic E-state index is 12.9. The molecule has 3 aliphatic heterocycles. The number of fused-ring (bicyclic) bond motifs is 2. The number of phosphoric acid groups is 3. The number of unbranched alkanes of at least 4 members (excludes halogenated alkanes) is 2. The van der Waals surface area contributed by atoms with Crippen LogP contribution in [-0.2, 0) is 72.2 Å². The number of aliphatic hydroxyl groups is 1. The van der Waals surface area contributed by atoms with E-state index in [1.54, 1.807) is 12.1 Å². The molecule has 6 atom stereocenters. The first-order valence-electron chi connectivity index (χ1n) is 26.4. The minimum Gasteiger partial charge on any atom is -0.744 e. The van der Waals surface area contributed by atoms with Gasteiger partial charge < -0.3 is 55.2 Å². The molecule has 10 N–H and O–H groups in total. The van der Waals surface area contributed by atoms with Crippen LogP contribution in [-0.4, -0.2) is 138 Å². The Morgan fingerprint density at radius 2 is 1.65 bits per heavy atom. The van der Waals surface area contributed by atoms with Gasteiger partial charge in [-0.3, -0.25) is 23.2 Å².